The second kappa shape index (κ2) is 10.4. The molecule has 2 aromatic carbocycles. The first-order valence-corrected chi connectivity index (χ1v) is 13.9. The SMILES string of the molecule is CC.CN1C(=O)c2c(cn(Cc3ccc(-c4ccncc4)cc3)c2Nc2ccccc2)N2C1=NC1CCCC12. The fourth-order valence-electron chi connectivity index (χ4n) is 5.92. The van der Waals surface area contributed by atoms with Gasteiger partial charge in [0.2, 0.25) is 5.96 Å². The van der Waals surface area contributed by atoms with Crippen molar-refractivity contribution in [2.75, 3.05) is 17.3 Å². The lowest BCUT2D eigenvalue weighted by atomic mass is 10.1. The minimum absolute atomic E-state index is 0.0183. The molecule has 4 aromatic rings. The maximum absolute atomic E-state index is 13.7. The molecule has 7 rings (SSSR count). The number of rotatable bonds is 5. The third kappa shape index (κ3) is 4.38. The number of fused-ring (bicyclic) bond motifs is 5. The van der Waals surface area contributed by atoms with E-state index in [1.807, 2.05) is 75.8 Å². The van der Waals surface area contributed by atoms with Crippen LogP contribution in [0.2, 0.25) is 0 Å². The Morgan fingerprint density at radius 2 is 1.64 bits per heavy atom. The van der Waals surface area contributed by atoms with Crippen LogP contribution in [0.5, 0.6) is 0 Å². The molecule has 1 amide bonds. The van der Waals surface area contributed by atoms with Gasteiger partial charge < -0.3 is 14.8 Å². The van der Waals surface area contributed by atoms with E-state index >= 15 is 0 Å². The molecule has 1 fully saturated rings. The van der Waals surface area contributed by atoms with Gasteiger partial charge in [-0.25, -0.2) is 4.99 Å². The highest BCUT2D eigenvalue weighted by molar-refractivity contribution is 6.22. The number of benzene rings is 2. The molecule has 7 nitrogen and oxygen atoms in total. The molecule has 1 saturated carbocycles. The molecular weight excluding hydrogens is 484 g/mol. The summed E-state index contributed by atoms with van der Waals surface area (Å²) < 4.78 is 2.18. The predicted octanol–water partition coefficient (Wildman–Crippen LogP) is 6.55. The van der Waals surface area contributed by atoms with Crippen LogP contribution in [-0.2, 0) is 6.54 Å². The summed E-state index contributed by atoms with van der Waals surface area (Å²) >= 11 is 0. The Kier molecular flexibility index (Phi) is 6.65. The highest BCUT2D eigenvalue weighted by atomic mass is 16.2. The fraction of sp³-hybridized carbons (Fsp3) is 0.281. The lowest BCUT2D eigenvalue weighted by Gasteiger charge is -2.35. The Hall–Kier alpha value is -4.39. The summed E-state index contributed by atoms with van der Waals surface area (Å²) in [6.07, 6.45) is 9.12. The van der Waals surface area contributed by atoms with E-state index < -0.39 is 0 Å². The lowest BCUT2D eigenvalue weighted by Crippen LogP contribution is -2.51. The maximum atomic E-state index is 13.7. The van der Waals surface area contributed by atoms with Crippen molar-refractivity contribution in [2.24, 2.45) is 4.99 Å². The van der Waals surface area contributed by atoms with E-state index in [0.717, 1.165) is 52.7 Å². The van der Waals surface area contributed by atoms with Gasteiger partial charge in [-0.15, -0.1) is 0 Å². The number of guanidine groups is 1. The van der Waals surface area contributed by atoms with E-state index in [9.17, 15) is 4.79 Å². The van der Waals surface area contributed by atoms with Gasteiger partial charge in [0.05, 0.1) is 17.8 Å². The van der Waals surface area contributed by atoms with Gasteiger partial charge in [-0.2, -0.15) is 0 Å². The zero-order chi connectivity index (χ0) is 26.9. The lowest BCUT2D eigenvalue weighted by molar-refractivity contribution is 0.0866. The molecule has 2 aromatic heterocycles. The molecule has 39 heavy (non-hydrogen) atoms. The van der Waals surface area contributed by atoms with E-state index in [2.05, 4.69) is 50.2 Å². The Bertz CT molecular complexity index is 1490. The first kappa shape index (κ1) is 24.9. The van der Waals surface area contributed by atoms with Gasteiger partial charge in [-0.1, -0.05) is 56.3 Å². The number of aromatic nitrogens is 2. The zero-order valence-corrected chi connectivity index (χ0v) is 22.7. The summed E-state index contributed by atoms with van der Waals surface area (Å²) in [7, 11) is 1.85. The van der Waals surface area contributed by atoms with E-state index in [-0.39, 0.29) is 11.9 Å². The third-order valence-corrected chi connectivity index (χ3v) is 7.77. The van der Waals surface area contributed by atoms with Gasteiger partial charge in [0.25, 0.3) is 5.91 Å². The molecule has 3 aliphatic rings. The number of pyridine rings is 1. The molecule has 1 aliphatic carbocycles. The summed E-state index contributed by atoms with van der Waals surface area (Å²) in [5, 5.41) is 3.57. The Labute approximate surface area is 229 Å². The summed E-state index contributed by atoms with van der Waals surface area (Å²) in [5.74, 6) is 1.59. The van der Waals surface area contributed by atoms with E-state index in [1.54, 1.807) is 4.90 Å². The van der Waals surface area contributed by atoms with Gasteiger partial charge in [-0.05, 0) is 60.2 Å². The minimum Gasteiger partial charge on any atom is -0.341 e. The van der Waals surface area contributed by atoms with Gasteiger partial charge in [0.1, 0.15) is 11.4 Å². The first-order chi connectivity index (χ1) is 19.2. The molecule has 198 valence electrons. The predicted molar refractivity (Wildman–Crippen MR) is 158 cm³/mol. The molecule has 2 unspecified atom stereocenters. The van der Waals surface area contributed by atoms with Crippen LogP contribution in [0.25, 0.3) is 11.1 Å². The van der Waals surface area contributed by atoms with Crippen molar-refractivity contribution in [1.82, 2.24) is 14.5 Å². The molecule has 0 radical (unpaired) electrons. The smallest absolute Gasteiger partial charge is 0.266 e. The number of aliphatic imine (C=N–C) groups is 1. The van der Waals surface area contributed by atoms with Crippen LogP contribution in [0.4, 0.5) is 17.2 Å². The number of anilines is 3. The summed E-state index contributed by atoms with van der Waals surface area (Å²) in [6, 6.07) is 23.3. The Morgan fingerprint density at radius 3 is 2.38 bits per heavy atom. The van der Waals surface area contributed by atoms with Gasteiger partial charge in [0, 0.05) is 37.9 Å². The maximum Gasteiger partial charge on any atom is 0.266 e. The number of hydrogen-bond donors (Lipinski definition) is 1. The fourth-order valence-corrected chi connectivity index (χ4v) is 5.92. The van der Waals surface area contributed by atoms with Crippen LogP contribution in [-0.4, -0.2) is 45.4 Å². The van der Waals surface area contributed by atoms with Crippen LogP contribution in [0.1, 0.15) is 49.0 Å². The number of carbonyl (C=O) groups is 1. The van der Waals surface area contributed by atoms with Gasteiger partial charge in [0.15, 0.2) is 0 Å². The highest BCUT2D eigenvalue weighted by Gasteiger charge is 2.48. The topological polar surface area (TPSA) is 65.8 Å². The number of carbonyl (C=O) groups excluding carboxylic acids is 1. The Balaban J connectivity index is 0.00000135. The standard InChI is InChI=1S/C30H28N6O.C2H6/c1-34-29(37)27-26(36-25-9-5-8-24(25)33-30(34)36)19-35(28(27)32-23-6-3-2-4-7-23)18-20-10-12-21(13-11-20)22-14-16-31-17-15-22;1-2/h2-4,6-7,10-17,19,24-25,32H,5,8-9,18H2,1H3;1-2H3. The van der Waals surface area contributed by atoms with Crippen LogP contribution < -0.4 is 10.2 Å². The molecule has 2 atom stereocenters. The average molecular weight is 519 g/mol. The third-order valence-electron chi connectivity index (χ3n) is 7.77. The van der Waals surface area contributed by atoms with Gasteiger partial charge in [-0.3, -0.25) is 14.7 Å². The second-order valence-electron chi connectivity index (χ2n) is 10.0. The van der Waals surface area contributed by atoms with E-state index in [1.165, 1.54) is 6.42 Å². The molecule has 0 spiro atoms. The normalized spacial score (nSPS) is 19.1. The molecule has 2 aliphatic heterocycles. The quantitative estimate of drug-likeness (QED) is 0.325. The Morgan fingerprint density at radius 1 is 0.923 bits per heavy atom. The molecule has 4 heterocycles. The summed E-state index contributed by atoms with van der Waals surface area (Å²) in [6.45, 7) is 4.64. The van der Waals surface area contributed by atoms with Crippen molar-refractivity contribution in [3.05, 3.63) is 96.4 Å². The van der Waals surface area contributed by atoms with Crippen LogP contribution in [0, 0.1) is 0 Å². The monoisotopic (exact) mass is 518 g/mol. The van der Waals surface area contributed by atoms with Gasteiger partial charge >= 0.3 is 0 Å². The molecule has 1 N–H and O–H groups in total. The number of nitrogens with one attached hydrogen (secondary N) is 1. The summed E-state index contributed by atoms with van der Waals surface area (Å²) in [4.78, 5) is 26.8. The molecule has 7 heteroatoms. The van der Waals surface area contributed by atoms with Crippen molar-refractivity contribution in [3.63, 3.8) is 0 Å². The van der Waals surface area contributed by atoms with Crippen LogP contribution >= 0.6 is 0 Å². The largest absolute Gasteiger partial charge is 0.341 e. The van der Waals surface area contributed by atoms with E-state index in [4.69, 9.17) is 4.99 Å². The molecule has 0 bridgehead atoms. The number of para-hydroxylation sites is 1. The summed E-state index contributed by atoms with van der Waals surface area (Å²) in [5.41, 5.74) is 6.09. The number of amides is 1. The van der Waals surface area contributed by atoms with Crippen LogP contribution in [0.3, 0.4) is 0 Å². The highest BCUT2D eigenvalue weighted by Crippen LogP contribution is 2.44. The van der Waals surface area contributed by atoms with Crippen molar-refractivity contribution >= 4 is 29.1 Å². The van der Waals surface area contributed by atoms with Crippen molar-refractivity contribution in [2.45, 2.75) is 51.7 Å². The second-order valence-corrected chi connectivity index (χ2v) is 10.0. The van der Waals surface area contributed by atoms with Crippen molar-refractivity contribution < 1.29 is 4.79 Å². The van der Waals surface area contributed by atoms with Crippen LogP contribution in [0.15, 0.2) is 90.3 Å². The molecular formula is C32H34N6O. The zero-order valence-electron chi connectivity index (χ0n) is 22.7. The van der Waals surface area contributed by atoms with E-state index in [0.29, 0.717) is 18.2 Å². The first-order valence-electron chi connectivity index (χ1n) is 13.9. The molecule has 0 saturated heterocycles. The minimum atomic E-state index is -0.0183. The average Bonchev–Trinajstić information content (AvgIpc) is 3.68. The number of hydrogen-bond acceptors (Lipinski definition) is 5. The number of nitrogens with zero attached hydrogens (tertiary/aromatic N) is 5. The van der Waals surface area contributed by atoms with Crippen molar-refractivity contribution in [3.8, 4) is 11.1 Å². The van der Waals surface area contributed by atoms with Crippen molar-refractivity contribution in [1.29, 1.82) is 0 Å².